The number of anilines is 1. The van der Waals surface area contributed by atoms with Crippen molar-refractivity contribution in [1.29, 1.82) is 0 Å². The van der Waals surface area contributed by atoms with E-state index >= 15 is 0 Å². The highest BCUT2D eigenvalue weighted by Gasteiger charge is 2.29. The summed E-state index contributed by atoms with van der Waals surface area (Å²) in [4.78, 5) is 4.96. The van der Waals surface area contributed by atoms with Crippen LogP contribution in [-0.4, -0.2) is 17.6 Å². The van der Waals surface area contributed by atoms with E-state index in [0.717, 1.165) is 0 Å². The summed E-state index contributed by atoms with van der Waals surface area (Å²) in [5.74, 6) is 0.606. The Morgan fingerprint density at radius 1 is 0.833 bits per heavy atom. The van der Waals surface area contributed by atoms with Crippen molar-refractivity contribution in [3.63, 3.8) is 0 Å². The predicted molar refractivity (Wildman–Crippen MR) is 106 cm³/mol. The van der Waals surface area contributed by atoms with Crippen LogP contribution in [-0.2, 0) is 0 Å². The standard InChI is InChI=1S/C22H36N2/c1-4-5-6-7-8-9-10-14-17-23-18-19-24(22(23)20(2)3)21-15-12-11-13-16-21/h11-13,15-16,18-20,22H,4-10,14,17H2,1-3H3. The fraction of sp³-hybridized carbons (Fsp3) is 0.636. The molecule has 1 aliphatic heterocycles. The maximum absolute atomic E-state index is 2.54. The summed E-state index contributed by atoms with van der Waals surface area (Å²) in [5.41, 5.74) is 1.30. The summed E-state index contributed by atoms with van der Waals surface area (Å²) < 4.78 is 0. The van der Waals surface area contributed by atoms with Gasteiger partial charge in [-0.05, 0) is 24.5 Å². The first-order valence-electron chi connectivity index (χ1n) is 10.0. The molecule has 24 heavy (non-hydrogen) atoms. The molecule has 0 spiro atoms. The minimum absolute atomic E-state index is 0.456. The second-order valence-electron chi connectivity index (χ2n) is 7.41. The first kappa shape index (κ1) is 18.9. The van der Waals surface area contributed by atoms with Crippen molar-refractivity contribution < 1.29 is 0 Å². The largest absolute Gasteiger partial charge is 0.355 e. The van der Waals surface area contributed by atoms with Crippen LogP contribution < -0.4 is 4.90 Å². The van der Waals surface area contributed by atoms with Gasteiger partial charge in [-0.15, -0.1) is 0 Å². The minimum Gasteiger partial charge on any atom is -0.355 e. The Morgan fingerprint density at radius 3 is 2.08 bits per heavy atom. The SMILES string of the molecule is CCCCCCCCCCN1C=CN(c2ccccc2)C1C(C)C. The summed E-state index contributed by atoms with van der Waals surface area (Å²) in [6.45, 7) is 8.12. The fourth-order valence-corrected chi connectivity index (χ4v) is 3.67. The molecule has 1 heterocycles. The van der Waals surface area contributed by atoms with Crippen LogP contribution in [0.2, 0.25) is 0 Å². The molecule has 0 bridgehead atoms. The van der Waals surface area contributed by atoms with Gasteiger partial charge in [-0.2, -0.15) is 0 Å². The van der Waals surface area contributed by atoms with Crippen molar-refractivity contribution in [2.45, 2.75) is 78.3 Å². The smallest absolute Gasteiger partial charge is 0.108 e. The fourth-order valence-electron chi connectivity index (χ4n) is 3.67. The number of hydrogen-bond acceptors (Lipinski definition) is 2. The van der Waals surface area contributed by atoms with Gasteiger partial charge in [0, 0.05) is 24.6 Å². The Bertz CT molecular complexity index is 466. The Balaban J connectivity index is 1.74. The van der Waals surface area contributed by atoms with Crippen LogP contribution in [0.4, 0.5) is 5.69 Å². The van der Waals surface area contributed by atoms with Crippen LogP contribution in [0, 0.1) is 5.92 Å². The highest BCUT2D eigenvalue weighted by molar-refractivity contribution is 5.51. The van der Waals surface area contributed by atoms with Crippen LogP contribution >= 0.6 is 0 Å². The first-order chi connectivity index (χ1) is 11.7. The molecule has 1 aromatic carbocycles. The van der Waals surface area contributed by atoms with Crippen molar-refractivity contribution in [3.05, 3.63) is 42.7 Å². The monoisotopic (exact) mass is 328 g/mol. The van der Waals surface area contributed by atoms with Crippen LogP contribution in [0.1, 0.15) is 72.1 Å². The summed E-state index contributed by atoms with van der Waals surface area (Å²) in [6, 6.07) is 10.8. The molecule has 0 N–H and O–H groups in total. The molecule has 134 valence electrons. The quantitative estimate of drug-likeness (QED) is 0.433. The maximum Gasteiger partial charge on any atom is 0.108 e. The lowest BCUT2D eigenvalue weighted by Gasteiger charge is -2.35. The average Bonchev–Trinajstić information content (AvgIpc) is 3.02. The van der Waals surface area contributed by atoms with Gasteiger partial charge in [-0.3, -0.25) is 0 Å². The zero-order valence-corrected chi connectivity index (χ0v) is 16.0. The zero-order valence-electron chi connectivity index (χ0n) is 16.0. The second-order valence-corrected chi connectivity index (χ2v) is 7.41. The third-order valence-corrected chi connectivity index (χ3v) is 4.96. The van der Waals surface area contributed by atoms with E-state index in [1.165, 1.54) is 63.6 Å². The first-order valence-corrected chi connectivity index (χ1v) is 10.0. The lowest BCUT2D eigenvalue weighted by atomic mass is 10.1. The van der Waals surface area contributed by atoms with E-state index in [9.17, 15) is 0 Å². The highest BCUT2D eigenvalue weighted by atomic mass is 15.4. The topological polar surface area (TPSA) is 6.48 Å². The van der Waals surface area contributed by atoms with Gasteiger partial charge in [-0.25, -0.2) is 0 Å². The highest BCUT2D eigenvalue weighted by Crippen LogP contribution is 2.29. The van der Waals surface area contributed by atoms with Gasteiger partial charge in [0.05, 0.1) is 0 Å². The van der Waals surface area contributed by atoms with Gasteiger partial charge in [0.1, 0.15) is 6.17 Å². The van der Waals surface area contributed by atoms with Gasteiger partial charge in [0.25, 0.3) is 0 Å². The lowest BCUT2D eigenvalue weighted by molar-refractivity contribution is 0.237. The van der Waals surface area contributed by atoms with Gasteiger partial charge >= 0.3 is 0 Å². The molecule has 2 nitrogen and oxygen atoms in total. The molecule has 1 unspecified atom stereocenters. The van der Waals surface area contributed by atoms with Gasteiger partial charge < -0.3 is 9.80 Å². The van der Waals surface area contributed by atoms with E-state index < -0.39 is 0 Å². The molecule has 0 aromatic heterocycles. The van der Waals surface area contributed by atoms with Crippen molar-refractivity contribution in [2.24, 2.45) is 5.92 Å². The number of nitrogens with zero attached hydrogens (tertiary/aromatic N) is 2. The molecule has 1 atom stereocenters. The lowest BCUT2D eigenvalue weighted by Crippen LogP contribution is -2.43. The van der Waals surface area contributed by atoms with Crippen LogP contribution in [0.25, 0.3) is 0 Å². The molecule has 1 aliphatic rings. The third-order valence-electron chi connectivity index (χ3n) is 4.96. The summed E-state index contributed by atoms with van der Waals surface area (Å²) in [7, 11) is 0. The van der Waals surface area contributed by atoms with E-state index in [2.05, 4.69) is 73.3 Å². The molecule has 2 heteroatoms. The summed E-state index contributed by atoms with van der Waals surface area (Å²) >= 11 is 0. The number of unbranched alkanes of at least 4 members (excludes halogenated alkanes) is 7. The summed E-state index contributed by atoms with van der Waals surface area (Å²) in [6.07, 6.45) is 16.1. The Morgan fingerprint density at radius 2 is 1.46 bits per heavy atom. The van der Waals surface area contributed by atoms with Crippen LogP contribution in [0.5, 0.6) is 0 Å². The van der Waals surface area contributed by atoms with Gasteiger partial charge in [-0.1, -0.05) is 83.9 Å². The van der Waals surface area contributed by atoms with E-state index in [4.69, 9.17) is 0 Å². The molecule has 0 fully saturated rings. The second kappa shape index (κ2) is 10.4. The Hall–Kier alpha value is -1.44. The molecule has 0 aliphatic carbocycles. The minimum atomic E-state index is 0.456. The molecular formula is C22H36N2. The van der Waals surface area contributed by atoms with Gasteiger partial charge in [0.2, 0.25) is 0 Å². The van der Waals surface area contributed by atoms with Gasteiger partial charge in [0.15, 0.2) is 0 Å². The molecule has 0 radical (unpaired) electrons. The number of para-hydroxylation sites is 1. The van der Waals surface area contributed by atoms with Crippen LogP contribution in [0.15, 0.2) is 42.7 Å². The Labute approximate surface area is 149 Å². The van der Waals surface area contributed by atoms with Crippen molar-refractivity contribution in [1.82, 2.24) is 4.90 Å². The molecule has 0 amide bonds. The van der Waals surface area contributed by atoms with Crippen molar-refractivity contribution in [3.8, 4) is 0 Å². The van der Waals surface area contributed by atoms with E-state index in [1.54, 1.807) is 0 Å². The van der Waals surface area contributed by atoms with E-state index in [0.29, 0.717) is 12.1 Å². The third kappa shape index (κ3) is 5.58. The van der Waals surface area contributed by atoms with Crippen molar-refractivity contribution in [2.75, 3.05) is 11.4 Å². The van der Waals surface area contributed by atoms with E-state index in [1.807, 2.05) is 0 Å². The summed E-state index contributed by atoms with van der Waals surface area (Å²) in [5, 5.41) is 0. The van der Waals surface area contributed by atoms with Crippen LogP contribution in [0.3, 0.4) is 0 Å². The zero-order chi connectivity index (χ0) is 17.2. The maximum atomic E-state index is 2.54. The van der Waals surface area contributed by atoms with Crippen molar-refractivity contribution >= 4 is 5.69 Å². The normalized spacial score (nSPS) is 17.2. The van der Waals surface area contributed by atoms with E-state index in [-0.39, 0.29) is 0 Å². The molecule has 1 aromatic rings. The molecular weight excluding hydrogens is 292 g/mol. The molecule has 0 saturated heterocycles. The predicted octanol–water partition coefficient (Wildman–Crippen LogP) is 6.40. The average molecular weight is 329 g/mol. The molecule has 0 saturated carbocycles. The number of hydrogen-bond donors (Lipinski definition) is 0. The number of benzene rings is 1. The molecule has 2 rings (SSSR count). The Kier molecular flexibility index (Phi) is 8.21. The number of rotatable bonds is 11.